The molecule has 2 aromatic carbocycles. The van der Waals surface area contributed by atoms with E-state index in [1.165, 1.54) is 12.1 Å². The Balaban J connectivity index is 1.60. The number of anilines is 1. The number of aromatic hydroxyl groups is 1. The van der Waals surface area contributed by atoms with Gasteiger partial charge in [0.25, 0.3) is 0 Å². The number of nitrogens with zero attached hydrogens (tertiary/aromatic N) is 3. The number of fused-ring (bicyclic) bond motifs is 1. The summed E-state index contributed by atoms with van der Waals surface area (Å²) in [5.41, 5.74) is 1.13. The van der Waals surface area contributed by atoms with Crippen molar-refractivity contribution in [3.05, 3.63) is 48.3 Å². The smallest absolute Gasteiger partial charge is 0.407 e. The van der Waals surface area contributed by atoms with Crippen molar-refractivity contribution in [3.63, 3.8) is 0 Å². The average Bonchev–Trinajstić information content (AvgIpc) is 3.25. The molecule has 4 rings (SSSR count). The topological polar surface area (TPSA) is 87.6 Å². The van der Waals surface area contributed by atoms with Crippen molar-refractivity contribution in [2.45, 2.75) is 19.8 Å². The number of amides is 1. The molecule has 31 heavy (non-hydrogen) atoms. The van der Waals surface area contributed by atoms with E-state index in [9.17, 15) is 14.3 Å². The molecule has 1 saturated heterocycles. The van der Waals surface area contributed by atoms with Crippen molar-refractivity contribution in [1.82, 2.24) is 15.3 Å². The highest BCUT2D eigenvalue weighted by atomic mass is 19.1. The van der Waals surface area contributed by atoms with E-state index in [1.54, 1.807) is 24.3 Å². The van der Waals surface area contributed by atoms with E-state index in [0.717, 1.165) is 19.4 Å². The number of carbonyl (C=O) groups excluding carboxylic acids is 1. The van der Waals surface area contributed by atoms with E-state index in [0.29, 0.717) is 47.8 Å². The van der Waals surface area contributed by atoms with Crippen LogP contribution in [-0.2, 0) is 4.74 Å². The molecule has 0 bridgehead atoms. The van der Waals surface area contributed by atoms with E-state index in [2.05, 4.69) is 15.2 Å². The zero-order valence-electron chi connectivity index (χ0n) is 17.3. The maximum absolute atomic E-state index is 14.0. The third-order valence-electron chi connectivity index (χ3n) is 5.34. The predicted molar refractivity (Wildman–Crippen MR) is 117 cm³/mol. The van der Waals surface area contributed by atoms with E-state index < -0.39 is 6.09 Å². The van der Waals surface area contributed by atoms with Crippen molar-refractivity contribution in [2.24, 2.45) is 5.92 Å². The summed E-state index contributed by atoms with van der Waals surface area (Å²) in [4.78, 5) is 23.1. The Morgan fingerprint density at radius 1 is 1.29 bits per heavy atom. The molecule has 0 unspecified atom stereocenters. The molecule has 2 heterocycles. The van der Waals surface area contributed by atoms with Crippen LogP contribution in [0.25, 0.3) is 22.3 Å². The number of nitrogens with one attached hydrogen (secondary N) is 1. The summed E-state index contributed by atoms with van der Waals surface area (Å²) in [6.45, 7) is 4.23. The molecule has 7 nitrogen and oxygen atoms in total. The molecule has 1 aliphatic heterocycles. The number of phenols is 1. The molecule has 1 aromatic heterocycles. The molecule has 1 atom stereocenters. The highest BCUT2D eigenvalue weighted by Gasteiger charge is 2.26. The normalized spacial score (nSPS) is 15.9. The van der Waals surface area contributed by atoms with E-state index in [1.807, 2.05) is 13.0 Å². The summed E-state index contributed by atoms with van der Waals surface area (Å²) in [7, 11) is 0. The Hall–Kier alpha value is -3.42. The van der Waals surface area contributed by atoms with Gasteiger partial charge in [-0.15, -0.1) is 0 Å². The predicted octanol–water partition coefficient (Wildman–Crippen LogP) is 4.10. The molecule has 0 aliphatic carbocycles. The third kappa shape index (κ3) is 4.68. The van der Waals surface area contributed by atoms with Gasteiger partial charge in [0, 0.05) is 25.0 Å². The fourth-order valence-electron chi connectivity index (χ4n) is 3.77. The van der Waals surface area contributed by atoms with Crippen LogP contribution in [-0.4, -0.2) is 47.4 Å². The monoisotopic (exact) mass is 424 g/mol. The highest BCUT2D eigenvalue weighted by Crippen LogP contribution is 2.33. The van der Waals surface area contributed by atoms with Gasteiger partial charge in [0.1, 0.15) is 17.4 Å². The fraction of sp³-hybridized carbons (Fsp3) is 0.348. The Kier molecular flexibility index (Phi) is 6.16. The van der Waals surface area contributed by atoms with Crippen LogP contribution in [0.15, 0.2) is 42.5 Å². The maximum Gasteiger partial charge on any atom is 0.407 e. The minimum absolute atomic E-state index is 0.0870. The molecular weight excluding hydrogens is 399 g/mol. The zero-order chi connectivity index (χ0) is 21.8. The molecule has 1 amide bonds. The SMILES string of the molecule is CCCOC(=O)NC[C@@H]1CCN(c2nc(-c3ccccc3O)nc3ccc(F)cc23)C1. The molecule has 3 aromatic rings. The molecule has 1 fully saturated rings. The standard InChI is InChI=1S/C23H25FN4O3/c1-2-11-31-23(30)25-13-15-9-10-28(14-15)22-18-12-16(24)7-8-19(18)26-21(27-22)17-5-3-4-6-20(17)29/h3-8,12,15,29H,2,9-11,13-14H2,1H3,(H,25,30)/t15-/m0/s1. The fourth-order valence-corrected chi connectivity index (χ4v) is 3.77. The van der Waals surface area contributed by atoms with Crippen LogP contribution in [0.4, 0.5) is 15.0 Å². The summed E-state index contributed by atoms with van der Waals surface area (Å²) in [6, 6.07) is 11.3. The minimum Gasteiger partial charge on any atom is -0.507 e. The largest absolute Gasteiger partial charge is 0.507 e. The van der Waals surface area contributed by atoms with Crippen molar-refractivity contribution in [3.8, 4) is 17.1 Å². The lowest BCUT2D eigenvalue weighted by molar-refractivity contribution is 0.145. The van der Waals surface area contributed by atoms with Gasteiger partial charge < -0.3 is 20.1 Å². The minimum atomic E-state index is -0.406. The lowest BCUT2D eigenvalue weighted by Gasteiger charge is -2.20. The summed E-state index contributed by atoms with van der Waals surface area (Å²) >= 11 is 0. The Labute approximate surface area is 179 Å². The lowest BCUT2D eigenvalue weighted by atomic mass is 10.1. The summed E-state index contributed by atoms with van der Waals surface area (Å²) < 4.78 is 19.1. The molecule has 0 spiro atoms. The van der Waals surface area contributed by atoms with Crippen molar-refractivity contribution >= 4 is 22.8 Å². The lowest BCUT2D eigenvalue weighted by Crippen LogP contribution is -2.31. The number of ether oxygens (including phenoxy) is 1. The van der Waals surface area contributed by atoms with Gasteiger partial charge in [-0.05, 0) is 49.1 Å². The van der Waals surface area contributed by atoms with Gasteiger partial charge in [-0.2, -0.15) is 0 Å². The second-order valence-corrected chi connectivity index (χ2v) is 7.67. The van der Waals surface area contributed by atoms with Crippen LogP contribution < -0.4 is 10.2 Å². The molecule has 162 valence electrons. The Bertz CT molecular complexity index is 1090. The molecule has 0 radical (unpaired) electrons. The van der Waals surface area contributed by atoms with Crippen LogP contribution in [0, 0.1) is 11.7 Å². The van der Waals surface area contributed by atoms with E-state index >= 15 is 0 Å². The van der Waals surface area contributed by atoms with Crippen LogP contribution in [0.2, 0.25) is 0 Å². The number of rotatable bonds is 6. The number of alkyl carbamates (subject to hydrolysis) is 1. The molecule has 1 aliphatic rings. The first-order chi connectivity index (χ1) is 15.0. The Morgan fingerprint density at radius 2 is 2.13 bits per heavy atom. The van der Waals surface area contributed by atoms with Gasteiger partial charge >= 0.3 is 6.09 Å². The van der Waals surface area contributed by atoms with Crippen molar-refractivity contribution in [1.29, 1.82) is 0 Å². The van der Waals surface area contributed by atoms with Crippen LogP contribution in [0.3, 0.4) is 0 Å². The number of hydrogen-bond donors (Lipinski definition) is 2. The number of para-hydroxylation sites is 1. The second kappa shape index (κ2) is 9.16. The summed E-state index contributed by atoms with van der Waals surface area (Å²) in [6.07, 6.45) is 1.24. The van der Waals surface area contributed by atoms with E-state index in [4.69, 9.17) is 9.72 Å². The number of carbonyl (C=O) groups is 1. The summed E-state index contributed by atoms with van der Waals surface area (Å²) in [5, 5.41) is 13.7. The maximum atomic E-state index is 14.0. The Morgan fingerprint density at radius 3 is 2.94 bits per heavy atom. The zero-order valence-corrected chi connectivity index (χ0v) is 17.3. The number of phenolic OH excluding ortho intramolecular Hbond substituents is 1. The number of hydrogen-bond acceptors (Lipinski definition) is 6. The number of benzene rings is 2. The van der Waals surface area contributed by atoms with Crippen LogP contribution in [0.1, 0.15) is 19.8 Å². The first-order valence-electron chi connectivity index (χ1n) is 10.5. The number of halogens is 1. The average molecular weight is 424 g/mol. The third-order valence-corrected chi connectivity index (χ3v) is 5.34. The number of aromatic nitrogens is 2. The first kappa shape index (κ1) is 20.8. The van der Waals surface area contributed by atoms with Crippen LogP contribution in [0.5, 0.6) is 5.75 Å². The van der Waals surface area contributed by atoms with Crippen LogP contribution >= 0.6 is 0 Å². The van der Waals surface area contributed by atoms with Gasteiger partial charge in [-0.1, -0.05) is 19.1 Å². The highest BCUT2D eigenvalue weighted by molar-refractivity contribution is 5.91. The molecular formula is C23H25FN4O3. The summed E-state index contributed by atoms with van der Waals surface area (Å²) in [5.74, 6) is 0.963. The second-order valence-electron chi connectivity index (χ2n) is 7.67. The van der Waals surface area contributed by atoms with Crippen molar-refractivity contribution < 1.29 is 19.0 Å². The van der Waals surface area contributed by atoms with Gasteiger partial charge in [0.2, 0.25) is 0 Å². The van der Waals surface area contributed by atoms with E-state index in [-0.39, 0.29) is 17.5 Å². The molecule has 2 N–H and O–H groups in total. The quantitative estimate of drug-likeness (QED) is 0.619. The van der Waals surface area contributed by atoms with Gasteiger partial charge in [0.15, 0.2) is 5.82 Å². The first-order valence-corrected chi connectivity index (χ1v) is 10.5. The van der Waals surface area contributed by atoms with Gasteiger partial charge in [-0.3, -0.25) is 0 Å². The molecule has 0 saturated carbocycles. The van der Waals surface area contributed by atoms with Gasteiger partial charge in [-0.25, -0.2) is 19.2 Å². The molecule has 8 heteroatoms. The van der Waals surface area contributed by atoms with Crippen molar-refractivity contribution in [2.75, 3.05) is 31.1 Å². The van der Waals surface area contributed by atoms with Gasteiger partial charge in [0.05, 0.1) is 17.7 Å².